The summed E-state index contributed by atoms with van der Waals surface area (Å²) in [6.07, 6.45) is 3.46. The Morgan fingerprint density at radius 2 is 2.10 bits per heavy atom. The van der Waals surface area contributed by atoms with Crippen molar-refractivity contribution in [2.45, 2.75) is 13.5 Å². The molecule has 1 N–H and O–H groups in total. The molecule has 0 bridgehead atoms. The highest BCUT2D eigenvalue weighted by Gasteiger charge is 2.07. The molecule has 0 aliphatic rings. The van der Waals surface area contributed by atoms with Gasteiger partial charge < -0.3 is 5.32 Å². The van der Waals surface area contributed by atoms with E-state index in [1.165, 1.54) is 5.56 Å². The van der Waals surface area contributed by atoms with Gasteiger partial charge in [-0.25, -0.2) is 0 Å². The molecule has 0 radical (unpaired) electrons. The summed E-state index contributed by atoms with van der Waals surface area (Å²) in [5, 5.41) is 18.9. The van der Waals surface area contributed by atoms with Crippen LogP contribution in [0.4, 0.5) is 5.69 Å². The topological polar surface area (TPSA) is 73.5 Å². The van der Waals surface area contributed by atoms with Crippen molar-refractivity contribution >= 4 is 5.69 Å². The van der Waals surface area contributed by atoms with Gasteiger partial charge in [-0.1, -0.05) is 12.1 Å². The minimum absolute atomic E-state index is 0.707. The van der Waals surface area contributed by atoms with Crippen molar-refractivity contribution in [1.82, 2.24) is 30.0 Å². The number of hydrogen-bond acceptors (Lipinski definition) is 5. The third-order valence-corrected chi connectivity index (χ3v) is 3.31. The molecule has 0 saturated heterocycles. The summed E-state index contributed by atoms with van der Waals surface area (Å²) in [5.74, 6) is 0. The highest BCUT2D eigenvalue weighted by Crippen LogP contribution is 2.19. The lowest BCUT2D eigenvalue weighted by atomic mass is 10.2. The van der Waals surface area contributed by atoms with E-state index in [9.17, 15) is 0 Å². The SMILES string of the molecule is Cc1c(CNc2ccccc2-n2cnnn2)cnn1C. The quantitative estimate of drug-likeness (QED) is 0.773. The van der Waals surface area contributed by atoms with Gasteiger partial charge in [0.2, 0.25) is 0 Å². The first-order chi connectivity index (χ1) is 9.75. The smallest absolute Gasteiger partial charge is 0.143 e. The van der Waals surface area contributed by atoms with Gasteiger partial charge in [-0.05, 0) is 29.5 Å². The first-order valence-electron chi connectivity index (χ1n) is 6.29. The third kappa shape index (κ3) is 2.25. The molecule has 0 aliphatic heterocycles. The lowest BCUT2D eigenvalue weighted by Gasteiger charge is -2.10. The zero-order chi connectivity index (χ0) is 13.9. The van der Waals surface area contributed by atoms with Crippen LogP contribution in [0, 0.1) is 6.92 Å². The second-order valence-electron chi connectivity index (χ2n) is 4.50. The van der Waals surface area contributed by atoms with Gasteiger partial charge in [0.15, 0.2) is 0 Å². The molecular formula is C13H15N7. The number of aromatic nitrogens is 6. The van der Waals surface area contributed by atoms with Crippen molar-refractivity contribution in [2.24, 2.45) is 7.05 Å². The first-order valence-corrected chi connectivity index (χ1v) is 6.29. The maximum Gasteiger partial charge on any atom is 0.143 e. The first kappa shape index (κ1) is 12.3. The highest BCUT2D eigenvalue weighted by molar-refractivity contribution is 5.60. The fourth-order valence-corrected chi connectivity index (χ4v) is 2.00. The van der Waals surface area contributed by atoms with Crippen molar-refractivity contribution in [3.05, 3.63) is 48.0 Å². The highest BCUT2D eigenvalue weighted by atomic mass is 15.5. The zero-order valence-electron chi connectivity index (χ0n) is 11.4. The Labute approximate surface area is 116 Å². The molecular weight excluding hydrogens is 254 g/mol. The summed E-state index contributed by atoms with van der Waals surface area (Å²) < 4.78 is 3.50. The van der Waals surface area contributed by atoms with Gasteiger partial charge in [0.05, 0.1) is 17.6 Å². The van der Waals surface area contributed by atoms with E-state index in [2.05, 4.69) is 32.9 Å². The maximum atomic E-state index is 4.24. The molecule has 102 valence electrons. The normalized spacial score (nSPS) is 10.7. The number of tetrazole rings is 1. The zero-order valence-corrected chi connectivity index (χ0v) is 11.4. The summed E-state index contributed by atoms with van der Waals surface area (Å²) in [7, 11) is 1.94. The Hall–Kier alpha value is -2.70. The van der Waals surface area contributed by atoms with Gasteiger partial charge in [-0.15, -0.1) is 5.10 Å². The molecule has 7 nitrogen and oxygen atoms in total. The van der Waals surface area contributed by atoms with E-state index in [4.69, 9.17) is 0 Å². The molecule has 7 heteroatoms. The summed E-state index contributed by atoms with van der Waals surface area (Å²) in [6, 6.07) is 7.90. The monoisotopic (exact) mass is 269 g/mol. The molecule has 1 aromatic carbocycles. The summed E-state index contributed by atoms with van der Waals surface area (Å²) in [4.78, 5) is 0. The standard InChI is InChI=1S/C13H15N7/c1-10-11(8-16-19(10)2)7-14-12-5-3-4-6-13(12)20-9-15-17-18-20/h3-6,8-9,14H,7H2,1-2H3. The second-order valence-corrected chi connectivity index (χ2v) is 4.50. The van der Waals surface area contributed by atoms with Crippen LogP contribution >= 0.6 is 0 Å². The number of para-hydroxylation sites is 2. The Kier molecular flexibility index (Phi) is 3.16. The lowest BCUT2D eigenvalue weighted by molar-refractivity contribution is 0.738. The van der Waals surface area contributed by atoms with Crippen molar-refractivity contribution in [3.8, 4) is 5.69 Å². The Morgan fingerprint density at radius 3 is 2.80 bits per heavy atom. The Balaban J connectivity index is 1.83. The summed E-state index contributed by atoms with van der Waals surface area (Å²) in [6.45, 7) is 2.76. The van der Waals surface area contributed by atoms with Gasteiger partial charge in [0.25, 0.3) is 0 Å². The number of rotatable bonds is 4. The van der Waals surface area contributed by atoms with E-state index in [0.29, 0.717) is 6.54 Å². The summed E-state index contributed by atoms with van der Waals surface area (Å²) in [5.41, 5.74) is 4.21. The average molecular weight is 269 g/mol. The van der Waals surface area contributed by atoms with Gasteiger partial charge in [0, 0.05) is 24.8 Å². The maximum absolute atomic E-state index is 4.24. The number of benzene rings is 1. The van der Waals surface area contributed by atoms with Crippen molar-refractivity contribution in [2.75, 3.05) is 5.32 Å². The largest absolute Gasteiger partial charge is 0.379 e. The summed E-state index contributed by atoms with van der Waals surface area (Å²) >= 11 is 0. The number of nitrogens with one attached hydrogen (secondary N) is 1. The van der Waals surface area contributed by atoms with E-state index in [0.717, 1.165) is 17.1 Å². The van der Waals surface area contributed by atoms with Crippen LogP contribution in [-0.2, 0) is 13.6 Å². The van der Waals surface area contributed by atoms with Crippen molar-refractivity contribution < 1.29 is 0 Å². The fourth-order valence-electron chi connectivity index (χ4n) is 2.00. The third-order valence-electron chi connectivity index (χ3n) is 3.31. The predicted octanol–water partition coefficient (Wildman–Crippen LogP) is 1.32. The molecule has 0 spiro atoms. The van der Waals surface area contributed by atoms with Crippen LogP contribution in [0.2, 0.25) is 0 Å². The van der Waals surface area contributed by atoms with Crippen LogP contribution in [0.1, 0.15) is 11.3 Å². The van der Waals surface area contributed by atoms with Crippen LogP contribution in [0.15, 0.2) is 36.8 Å². The minimum atomic E-state index is 0.707. The molecule has 3 rings (SSSR count). The van der Waals surface area contributed by atoms with Crippen molar-refractivity contribution in [3.63, 3.8) is 0 Å². The van der Waals surface area contributed by atoms with E-state index >= 15 is 0 Å². The lowest BCUT2D eigenvalue weighted by Crippen LogP contribution is -2.05. The van der Waals surface area contributed by atoms with Gasteiger partial charge in [-0.2, -0.15) is 9.78 Å². The van der Waals surface area contributed by atoms with Crippen LogP contribution in [0.5, 0.6) is 0 Å². The fraction of sp³-hybridized carbons (Fsp3) is 0.231. The van der Waals surface area contributed by atoms with Gasteiger partial charge in [-0.3, -0.25) is 4.68 Å². The Morgan fingerprint density at radius 1 is 1.25 bits per heavy atom. The van der Waals surface area contributed by atoms with Crippen LogP contribution < -0.4 is 5.32 Å². The molecule has 0 saturated carbocycles. The van der Waals surface area contributed by atoms with Crippen LogP contribution in [0.25, 0.3) is 5.69 Å². The number of aryl methyl sites for hydroxylation is 1. The molecule has 2 heterocycles. The molecule has 3 aromatic rings. The number of nitrogens with zero attached hydrogens (tertiary/aromatic N) is 6. The molecule has 0 atom stereocenters. The van der Waals surface area contributed by atoms with E-state index < -0.39 is 0 Å². The molecule has 0 fully saturated rings. The average Bonchev–Trinajstić information content (AvgIpc) is 3.10. The van der Waals surface area contributed by atoms with E-state index in [-0.39, 0.29) is 0 Å². The van der Waals surface area contributed by atoms with Crippen LogP contribution in [0.3, 0.4) is 0 Å². The van der Waals surface area contributed by atoms with Gasteiger partial charge in [0.1, 0.15) is 6.33 Å². The van der Waals surface area contributed by atoms with Crippen LogP contribution in [-0.4, -0.2) is 30.0 Å². The number of hydrogen-bond donors (Lipinski definition) is 1. The molecule has 2 aromatic heterocycles. The molecule has 0 aliphatic carbocycles. The molecule has 0 amide bonds. The van der Waals surface area contributed by atoms with Crippen molar-refractivity contribution in [1.29, 1.82) is 0 Å². The van der Waals surface area contributed by atoms with E-state index in [1.807, 2.05) is 42.2 Å². The van der Waals surface area contributed by atoms with Gasteiger partial charge >= 0.3 is 0 Å². The predicted molar refractivity (Wildman–Crippen MR) is 74.4 cm³/mol. The van der Waals surface area contributed by atoms with E-state index in [1.54, 1.807) is 11.0 Å². The number of anilines is 1. The second kappa shape index (κ2) is 5.12. The molecule has 0 unspecified atom stereocenters. The molecule has 20 heavy (non-hydrogen) atoms. The minimum Gasteiger partial charge on any atom is -0.379 e. The Bertz CT molecular complexity index is 699.